The first-order chi connectivity index (χ1) is 10.2. The Morgan fingerprint density at radius 2 is 2.00 bits per heavy atom. The molecule has 3 heteroatoms. The van der Waals surface area contributed by atoms with Gasteiger partial charge in [-0.25, -0.2) is 4.79 Å². The zero-order chi connectivity index (χ0) is 14.4. The van der Waals surface area contributed by atoms with Crippen molar-refractivity contribution in [2.75, 3.05) is 11.4 Å². The van der Waals surface area contributed by atoms with E-state index in [-0.39, 0.29) is 5.97 Å². The van der Waals surface area contributed by atoms with Gasteiger partial charge in [-0.15, -0.1) is 0 Å². The zero-order valence-corrected chi connectivity index (χ0v) is 12.1. The highest BCUT2D eigenvalue weighted by Gasteiger charge is 2.25. The number of nitrogens with zero attached hydrogens (tertiary/aromatic N) is 1. The molecule has 0 saturated heterocycles. The minimum Gasteiger partial charge on any atom is -0.457 e. The minimum atomic E-state index is -0.180. The third kappa shape index (κ3) is 2.09. The van der Waals surface area contributed by atoms with Gasteiger partial charge in [0, 0.05) is 24.3 Å². The average Bonchev–Trinajstić information content (AvgIpc) is 2.85. The molecule has 2 aromatic carbocycles. The maximum atomic E-state index is 11.7. The summed E-state index contributed by atoms with van der Waals surface area (Å²) < 4.78 is 5.12. The van der Waals surface area contributed by atoms with Crippen molar-refractivity contribution in [3.05, 3.63) is 64.2 Å². The molecule has 0 unspecified atom stereocenters. The van der Waals surface area contributed by atoms with Crippen LogP contribution >= 0.6 is 0 Å². The van der Waals surface area contributed by atoms with Crippen molar-refractivity contribution in [1.82, 2.24) is 0 Å². The van der Waals surface area contributed by atoms with Gasteiger partial charge in [-0.05, 0) is 48.2 Å². The van der Waals surface area contributed by atoms with Crippen molar-refractivity contribution in [2.24, 2.45) is 0 Å². The molecule has 106 valence electrons. The lowest BCUT2D eigenvalue weighted by atomic mass is 9.94. The highest BCUT2D eigenvalue weighted by molar-refractivity contribution is 5.93. The van der Waals surface area contributed by atoms with E-state index in [0.717, 1.165) is 30.6 Å². The predicted octanol–water partition coefficient (Wildman–Crippen LogP) is 3.23. The third-order valence-electron chi connectivity index (χ3n) is 4.38. The second-order valence-corrected chi connectivity index (χ2v) is 5.86. The summed E-state index contributed by atoms with van der Waals surface area (Å²) in [6.07, 6.45) is 1.02. The van der Waals surface area contributed by atoms with Crippen LogP contribution < -0.4 is 4.90 Å². The van der Waals surface area contributed by atoms with Crippen molar-refractivity contribution in [3.8, 4) is 0 Å². The Hall–Kier alpha value is -2.29. The number of esters is 1. The summed E-state index contributed by atoms with van der Waals surface area (Å²) in [5, 5.41) is 0. The molecule has 4 rings (SSSR count). The summed E-state index contributed by atoms with van der Waals surface area (Å²) in [7, 11) is 0. The van der Waals surface area contributed by atoms with Crippen molar-refractivity contribution in [2.45, 2.75) is 26.5 Å². The second kappa shape index (κ2) is 4.62. The smallest absolute Gasteiger partial charge is 0.338 e. The van der Waals surface area contributed by atoms with Crippen LogP contribution in [0.25, 0.3) is 0 Å². The second-order valence-electron chi connectivity index (χ2n) is 5.86. The Morgan fingerprint density at radius 1 is 1.10 bits per heavy atom. The predicted molar refractivity (Wildman–Crippen MR) is 81.5 cm³/mol. The Kier molecular flexibility index (Phi) is 2.74. The summed E-state index contributed by atoms with van der Waals surface area (Å²) in [5.74, 6) is -0.180. The van der Waals surface area contributed by atoms with Crippen molar-refractivity contribution in [3.63, 3.8) is 0 Å². The molecule has 0 bridgehead atoms. The number of aryl methyl sites for hydroxylation is 1. The van der Waals surface area contributed by atoms with Crippen LogP contribution in [0.5, 0.6) is 0 Å². The molecule has 2 aliphatic rings. The summed E-state index contributed by atoms with van der Waals surface area (Å²) in [6, 6.07) is 12.8. The number of benzene rings is 2. The molecule has 0 radical (unpaired) electrons. The molecule has 0 fully saturated rings. The number of hydrogen-bond donors (Lipinski definition) is 0. The lowest BCUT2D eigenvalue weighted by Gasteiger charge is -2.31. The number of rotatable bonds is 1. The van der Waals surface area contributed by atoms with Gasteiger partial charge in [0.15, 0.2) is 0 Å². The Balaban J connectivity index is 1.69. The molecule has 3 nitrogen and oxygen atoms in total. The monoisotopic (exact) mass is 279 g/mol. The number of anilines is 1. The lowest BCUT2D eigenvalue weighted by molar-refractivity contribution is 0.0535. The number of ether oxygens (including phenoxy) is 1. The summed E-state index contributed by atoms with van der Waals surface area (Å²) >= 11 is 0. The molecule has 2 aliphatic heterocycles. The maximum Gasteiger partial charge on any atom is 0.338 e. The summed E-state index contributed by atoms with van der Waals surface area (Å²) in [6.45, 7) is 4.43. The average molecular weight is 279 g/mol. The van der Waals surface area contributed by atoms with Crippen LogP contribution in [0.1, 0.15) is 32.6 Å². The van der Waals surface area contributed by atoms with Crippen LogP contribution in [0.15, 0.2) is 36.4 Å². The maximum absolute atomic E-state index is 11.7. The van der Waals surface area contributed by atoms with E-state index in [0.29, 0.717) is 6.61 Å². The first-order valence-electron chi connectivity index (χ1n) is 7.34. The number of fused-ring (bicyclic) bond motifs is 2. The van der Waals surface area contributed by atoms with E-state index < -0.39 is 0 Å². The molecule has 2 aromatic rings. The Labute approximate surface area is 124 Å². The van der Waals surface area contributed by atoms with E-state index in [4.69, 9.17) is 4.74 Å². The topological polar surface area (TPSA) is 29.5 Å². The molecule has 0 aliphatic carbocycles. The van der Waals surface area contributed by atoms with Gasteiger partial charge in [-0.3, -0.25) is 0 Å². The van der Waals surface area contributed by atoms with Gasteiger partial charge in [0.05, 0.1) is 5.56 Å². The quantitative estimate of drug-likeness (QED) is 0.751. The molecule has 0 N–H and O–H groups in total. The normalized spacial score (nSPS) is 16.4. The summed E-state index contributed by atoms with van der Waals surface area (Å²) in [5.41, 5.74) is 6.93. The molecule has 0 atom stereocenters. The van der Waals surface area contributed by atoms with Crippen LogP contribution in [-0.4, -0.2) is 12.5 Å². The van der Waals surface area contributed by atoms with E-state index in [9.17, 15) is 4.79 Å². The van der Waals surface area contributed by atoms with E-state index >= 15 is 0 Å². The number of carbonyl (C=O) groups is 1. The van der Waals surface area contributed by atoms with Gasteiger partial charge in [0.2, 0.25) is 0 Å². The fourth-order valence-electron chi connectivity index (χ4n) is 3.24. The summed E-state index contributed by atoms with van der Waals surface area (Å²) in [4.78, 5) is 14.1. The Bertz CT molecular complexity index is 736. The molecule has 21 heavy (non-hydrogen) atoms. The van der Waals surface area contributed by atoms with Gasteiger partial charge in [-0.1, -0.05) is 18.2 Å². The minimum absolute atomic E-state index is 0.180. The van der Waals surface area contributed by atoms with Gasteiger partial charge in [-0.2, -0.15) is 0 Å². The van der Waals surface area contributed by atoms with Crippen LogP contribution in [0.4, 0.5) is 5.69 Å². The Morgan fingerprint density at radius 3 is 2.86 bits per heavy atom. The van der Waals surface area contributed by atoms with Gasteiger partial charge < -0.3 is 9.64 Å². The van der Waals surface area contributed by atoms with Gasteiger partial charge in [0.25, 0.3) is 0 Å². The van der Waals surface area contributed by atoms with Crippen LogP contribution in [0.3, 0.4) is 0 Å². The molecular formula is C18H17NO2. The van der Waals surface area contributed by atoms with E-state index in [1.165, 1.54) is 22.4 Å². The van der Waals surface area contributed by atoms with E-state index in [2.05, 4.69) is 42.2 Å². The molecule has 0 saturated carbocycles. The van der Waals surface area contributed by atoms with Gasteiger partial charge >= 0.3 is 5.97 Å². The number of carbonyl (C=O) groups excluding carboxylic acids is 1. The highest BCUT2D eigenvalue weighted by atomic mass is 16.5. The lowest BCUT2D eigenvalue weighted by Crippen LogP contribution is -2.30. The molecule has 2 heterocycles. The molecule has 0 aromatic heterocycles. The van der Waals surface area contributed by atoms with Crippen LogP contribution in [-0.2, 0) is 24.3 Å². The van der Waals surface area contributed by atoms with Crippen molar-refractivity contribution >= 4 is 11.7 Å². The van der Waals surface area contributed by atoms with E-state index in [1.807, 2.05) is 6.07 Å². The molecular weight excluding hydrogens is 262 g/mol. The standard InChI is InChI=1S/C18H17NO2/c1-12-3-2-4-16(7-12)19-6-5-13-8-15-11-21-18(20)17(15)9-14(13)10-19/h2-4,7-9H,5-6,10-11H2,1H3. The zero-order valence-electron chi connectivity index (χ0n) is 12.1. The third-order valence-corrected chi connectivity index (χ3v) is 4.38. The van der Waals surface area contributed by atoms with Crippen molar-refractivity contribution < 1.29 is 9.53 Å². The molecule has 0 spiro atoms. The first-order valence-corrected chi connectivity index (χ1v) is 7.34. The number of cyclic esters (lactones) is 1. The SMILES string of the molecule is Cc1cccc(N2CCc3cc4c(cc3C2)C(=O)OC4)c1. The largest absolute Gasteiger partial charge is 0.457 e. The first kappa shape index (κ1) is 12.5. The number of hydrogen-bond acceptors (Lipinski definition) is 3. The van der Waals surface area contributed by atoms with Crippen LogP contribution in [0.2, 0.25) is 0 Å². The van der Waals surface area contributed by atoms with Gasteiger partial charge in [0.1, 0.15) is 6.61 Å². The van der Waals surface area contributed by atoms with E-state index in [1.54, 1.807) is 0 Å². The van der Waals surface area contributed by atoms with Crippen molar-refractivity contribution in [1.29, 1.82) is 0 Å². The fourth-order valence-corrected chi connectivity index (χ4v) is 3.24. The molecule has 0 amide bonds. The van der Waals surface area contributed by atoms with Crippen LogP contribution in [0, 0.1) is 6.92 Å². The highest BCUT2D eigenvalue weighted by Crippen LogP contribution is 2.30. The fraction of sp³-hybridized carbons (Fsp3) is 0.278.